The second-order valence-electron chi connectivity index (χ2n) is 10.6. The van der Waals surface area contributed by atoms with E-state index in [4.69, 9.17) is 14.7 Å². The summed E-state index contributed by atoms with van der Waals surface area (Å²) in [6.45, 7) is 3.20. The SMILES string of the molecule is CCCCCCCn1c([Se])nc2cccc(-c3nc4cc(C(=O)OC)ccc4n3C3CCCCCCC3)c21. The third-order valence-electron chi connectivity index (χ3n) is 8.01. The fourth-order valence-corrected chi connectivity index (χ4v) is 6.61. The first kappa shape index (κ1) is 27.0. The number of hydrogen-bond acceptors (Lipinski definition) is 4. The van der Waals surface area contributed by atoms with E-state index in [0.717, 1.165) is 64.0 Å². The van der Waals surface area contributed by atoms with Gasteiger partial charge < -0.3 is 0 Å². The van der Waals surface area contributed by atoms with Crippen molar-refractivity contribution in [2.75, 3.05) is 7.11 Å². The van der Waals surface area contributed by atoms with Crippen LogP contribution in [0.5, 0.6) is 0 Å². The Morgan fingerprint density at radius 3 is 2.50 bits per heavy atom. The Labute approximate surface area is 234 Å². The zero-order valence-electron chi connectivity index (χ0n) is 22.7. The summed E-state index contributed by atoms with van der Waals surface area (Å²) in [5.74, 6) is 0.647. The van der Waals surface area contributed by atoms with E-state index in [1.165, 1.54) is 64.9 Å². The molecule has 5 rings (SSSR count). The van der Waals surface area contributed by atoms with Crippen LogP contribution in [0.4, 0.5) is 0 Å². The van der Waals surface area contributed by atoms with Crippen molar-refractivity contribution in [2.24, 2.45) is 0 Å². The van der Waals surface area contributed by atoms with Gasteiger partial charge in [0.2, 0.25) is 0 Å². The number of aryl methyl sites for hydroxylation is 1. The Bertz CT molecular complexity index is 1400. The number of unbranched alkanes of at least 4 members (excludes halogenated alkanes) is 4. The standard InChI is InChI=1S/C31H39N4O2Se/c1-3-4-5-9-12-20-34-28-24(16-13-17-25(28)33-31(34)38)29-32-26-21-22(30(36)37-2)18-19-27(26)35(29)23-14-10-7-6-8-11-15-23/h13,16-19,21,23H,3-12,14-15,20H2,1-2H3. The van der Waals surface area contributed by atoms with Gasteiger partial charge in [0.05, 0.1) is 0 Å². The number of fused-ring (bicyclic) bond motifs is 2. The van der Waals surface area contributed by atoms with Crippen molar-refractivity contribution in [3.05, 3.63) is 42.0 Å². The van der Waals surface area contributed by atoms with Gasteiger partial charge in [0.25, 0.3) is 0 Å². The van der Waals surface area contributed by atoms with E-state index in [-0.39, 0.29) is 5.97 Å². The molecule has 0 N–H and O–H groups in total. The van der Waals surface area contributed by atoms with Crippen molar-refractivity contribution in [1.82, 2.24) is 19.1 Å². The quantitative estimate of drug-likeness (QED) is 0.123. The first-order chi connectivity index (χ1) is 18.6. The van der Waals surface area contributed by atoms with Crippen LogP contribution in [0.2, 0.25) is 0 Å². The third kappa shape index (κ3) is 5.55. The summed E-state index contributed by atoms with van der Waals surface area (Å²) in [5.41, 5.74) is 5.72. The van der Waals surface area contributed by atoms with Crippen LogP contribution >= 0.6 is 0 Å². The zero-order valence-corrected chi connectivity index (χ0v) is 24.5. The van der Waals surface area contributed by atoms with Gasteiger partial charge in [0, 0.05) is 0 Å². The number of carbonyl (C=O) groups excluding carboxylic acids is 1. The Morgan fingerprint density at radius 1 is 0.974 bits per heavy atom. The van der Waals surface area contributed by atoms with Crippen LogP contribution < -0.4 is 4.72 Å². The van der Waals surface area contributed by atoms with E-state index in [0.29, 0.717) is 11.6 Å². The van der Waals surface area contributed by atoms with Crippen LogP contribution in [-0.4, -0.2) is 48.2 Å². The van der Waals surface area contributed by atoms with E-state index in [1.54, 1.807) is 0 Å². The second kappa shape index (κ2) is 12.5. The molecule has 1 saturated carbocycles. The fraction of sp³-hybridized carbons (Fsp3) is 0.516. The summed E-state index contributed by atoms with van der Waals surface area (Å²) in [5, 5.41) is 0. The molecule has 4 aromatic rings. The van der Waals surface area contributed by atoms with Gasteiger partial charge in [-0.3, -0.25) is 0 Å². The van der Waals surface area contributed by atoms with Crippen LogP contribution in [0.3, 0.4) is 0 Å². The number of rotatable bonds is 9. The molecule has 2 aromatic carbocycles. The van der Waals surface area contributed by atoms with E-state index >= 15 is 0 Å². The first-order valence-corrected chi connectivity index (χ1v) is 15.2. The van der Waals surface area contributed by atoms with Crippen molar-refractivity contribution in [3.8, 4) is 11.4 Å². The van der Waals surface area contributed by atoms with Crippen molar-refractivity contribution in [1.29, 1.82) is 0 Å². The van der Waals surface area contributed by atoms with Gasteiger partial charge in [-0.1, -0.05) is 0 Å². The fourth-order valence-electron chi connectivity index (χ4n) is 6.02. The summed E-state index contributed by atoms with van der Waals surface area (Å²) in [4.78, 5) is 22.4. The van der Waals surface area contributed by atoms with Gasteiger partial charge in [0.15, 0.2) is 0 Å². The molecule has 1 fully saturated rings. The molecular formula is C31H39N4O2Se. The molecule has 38 heavy (non-hydrogen) atoms. The van der Waals surface area contributed by atoms with Crippen LogP contribution in [0.25, 0.3) is 33.5 Å². The molecule has 7 heteroatoms. The van der Waals surface area contributed by atoms with Gasteiger partial charge in [-0.25, -0.2) is 0 Å². The van der Waals surface area contributed by atoms with E-state index in [9.17, 15) is 4.79 Å². The molecule has 1 aliphatic rings. The van der Waals surface area contributed by atoms with Gasteiger partial charge in [-0.05, 0) is 0 Å². The summed E-state index contributed by atoms with van der Waals surface area (Å²) in [6, 6.07) is 12.6. The Kier molecular flexibility index (Phi) is 8.86. The molecule has 6 nitrogen and oxygen atoms in total. The predicted molar refractivity (Wildman–Crippen MR) is 155 cm³/mol. The summed E-state index contributed by atoms with van der Waals surface area (Å²) < 4.78 is 10.7. The molecule has 0 amide bonds. The van der Waals surface area contributed by atoms with Crippen molar-refractivity contribution < 1.29 is 9.53 Å². The average molecular weight is 579 g/mol. The summed E-state index contributed by atoms with van der Waals surface area (Å²) in [7, 11) is 1.43. The van der Waals surface area contributed by atoms with E-state index in [1.807, 2.05) is 12.1 Å². The number of methoxy groups -OCH3 is 1. The normalized spacial score (nSPS) is 15.1. The molecule has 0 aliphatic heterocycles. The molecule has 2 heterocycles. The average Bonchev–Trinajstić information content (AvgIpc) is 3.44. The number of para-hydroxylation sites is 1. The number of aromatic nitrogens is 4. The van der Waals surface area contributed by atoms with Crippen LogP contribution in [0.15, 0.2) is 36.4 Å². The topological polar surface area (TPSA) is 61.9 Å². The first-order valence-electron chi connectivity index (χ1n) is 14.4. The number of imidazole rings is 2. The molecule has 0 atom stereocenters. The zero-order chi connectivity index (χ0) is 26.5. The predicted octanol–water partition coefficient (Wildman–Crippen LogP) is 6.89. The Balaban J connectivity index is 1.65. The molecule has 1 radical (unpaired) electrons. The van der Waals surface area contributed by atoms with E-state index < -0.39 is 0 Å². The number of carbonyl (C=O) groups is 1. The molecule has 0 spiro atoms. The van der Waals surface area contributed by atoms with E-state index in [2.05, 4.69) is 56.3 Å². The molecule has 0 bridgehead atoms. The van der Waals surface area contributed by atoms with Crippen molar-refractivity contribution in [2.45, 2.75) is 96.6 Å². The number of benzene rings is 2. The summed E-state index contributed by atoms with van der Waals surface area (Å²) in [6.07, 6.45) is 14.9. The number of ether oxygens (including phenoxy) is 1. The molecule has 1 aliphatic carbocycles. The molecule has 2 aromatic heterocycles. The molecular weight excluding hydrogens is 539 g/mol. The van der Waals surface area contributed by atoms with Crippen molar-refractivity contribution >= 4 is 48.8 Å². The second-order valence-corrected chi connectivity index (χ2v) is 11.4. The van der Waals surface area contributed by atoms with Gasteiger partial charge in [0.1, 0.15) is 0 Å². The Morgan fingerprint density at radius 2 is 1.74 bits per heavy atom. The van der Waals surface area contributed by atoms with Gasteiger partial charge >= 0.3 is 234 Å². The third-order valence-corrected chi connectivity index (χ3v) is 8.66. The molecule has 0 saturated heterocycles. The maximum atomic E-state index is 12.3. The number of nitrogens with zero attached hydrogens (tertiary/aromatic N) is 4. The minimum absolute atomic E-state index is 0.330. The van der Waals surface area contributed by atoms with Crippen LogP contribution in [0, 0.1) is 0 Å². The summed E-state index contributed by atoms with van der Waals surface area (Å²) >= 11 is 3.21. The number of esters is 1. The van der Waals surface area contributed by atoms with Crippen LogP contribution in [-0.2, 0) is 11.3 Å². The molecule has 0 unspecified atom stereocenters. The van der Waals surface area contributed by atoms with Gasteiger partial charge in [-0.2, -0.15) is 0 Å². The van der Waals surface area contributed by atoms with Gasteiger partial charge in [-0.15, -0.1) is 0 Å². The van der Waals surface area contributed by atoms with Crippen molar-refractivity contribution in [3.63, 3.8) is 0 Å². The van der Waals surface area contributed by atoms with Crippen LogP contribution in [0.1, 0.15) is 100 Å². The monoisotopic (exact) mass is 579 g/mol. The minimum atomic E-state index is -0.330. The maximum absolute atomic E-state index is 12.3. The molecule has 201 valence electrons. The number of hydrogen-bond donors (Lipinski definition) is 0. The Hall–Kier alpha value is -2.63.